The fourth-order valence-corrected chi connectivity index (χ4v) is 3.04. The van der Waals surface area contributed by atoms with Crippen molar-refractivity contribution in [2.45, 2.75) is 27.7 Å². The Morgan fingerprint density at radius 2 is 2.09 bits per heavy atom. The molecule has 1 atom stereocenters. The van der Waals surface area contributed by atoms with Gasteiger partial charge in [0.25, 0.3) is 0 Å². The molecule has 0 unspecified atom stereocenters. The lowest BCUT2D eigenvalue weighted by Gasteiger charge is -2.34. The van der Waals surface area contributed by atoms with E-state index in [1.54, 1.807) is 13.8 Å². The quantitative estimate of drug-likeness (QED) is 0.799. The van der Waals surface area contributed by atoms with Gasteiger partial charge < -0.3 is 10.6 Å². The minimum Gasteiger partial charge on any atom is -0.355 e. The van der Waals surface area contributed by atoms with Crippen LogP contribution in [0.3, 0.4) is 0 Å². The van der Waals surface area contributed by atoms with Gasteiger partial charge in [0.1, 0.15) is 5.92 Å². The molecule has 0 aliphatic carbocycles. The van der Waals surface area contributed by atoms with Crippen LogP contribution in [0.4, 0.5) is 0 Å². The van der Waals surface area contributed by atoms with Crippen LogP contribution in [0.5, 0.6) is 0 Å². The van der Waals surface area contributed by atoms with Crippen molar-refractivity contribution in [3.05, 3.63) is 10.6 Å². The fourth-order valence-electron chi connectivity index (χ4n) is 2.04. The zero-order valence-corrected chi connectivity index (χ0v) is 14.0. The smallest absolute Gasteiger partial charge is 0.243 e. The Balaban J connectivity index is 2.87. The fraction of sp³-hybridized carbons (Fsp3) is 0.600. The van der Waals surface area contributed by atoms with Gasteiger partial charge in [0.15, 0.2) is 0 Å². The molecule has 0 aromatic rings. The predicted octanol–water partition coefficient (Wildman–Crippen LogP) is 1.52. The molecule has 6 nitrogen and oxygen atoms in total. The summed E-state index contributed by atoms with van der Waals surface area (Å²) in [5.74, 6) is -1.04. The van der Waals surface area contributed by atoms with Gasteiger partial charge in [-0.15, -0.1) is 0 Å². The van der Waals surface area contributed by atoms with Crippen molar-refractivity contribution >= 4 is 23.6 Å². The van der Waals surface area contributed by atoms with Gasteiger partial charge in [0, 0.05) is 12.0 Å². The number of carbonyl (C=O) groups is 2. The lowest BCUT2D eigenvalue weighted by atomic mass is 9.72. The molecule has 0 radical (unpaired) electrons. The van der Waals surface area contributed by atoms with Crippen molar-refractivity contribution in [1.29, 1.82) is 10.5 Å². The van der Waals surface area contributed by atoms with E-state index in [4.69, 9.17) is 5.26 Å². The zero-order valence-electron chi connectivity index (χ0n) is 13.2. The summed E-state index contributed by atoms with van der Waals surface area (Å²) < 4.78 is 0. The SMILES string of the molecule is CC(C)CNC(=O)CSC1=C(C#N)C(C)(C)[C@@H](C#N)C(=O)N1. The van der Waals surface area contributed by atoms with Crippen molar-refractivity contribution in [2.75, 3.05) is 12.3 Å². The highest BCUT2D eigenvalue weighted by Gasteiger charge is 2.44. The van der Waals surface area contributed by atoms with E-state index in [-0.39, 0.29) is 11.7 Å². The first-order chi connectivity index (χ1) is 10.2. The first-order valence-corrected chi connectivity index (χ1v) is 7.97. The molecule has 0 spiro atoms. The molecular formula is C15H20N4O2S. The molecule has 0 saturated carbocycles. The number of nitrogens with zero attached hydrogens (tertiary/aromatic N) is 2. The summed E-state index contributed by atoms with van der Waals surface area (Å²) >= 11 is 1.11. The summed E-state index contributed by atoms with van der Waals surface area (Å²) in [5.41, 5.74) is -0.539. The number of carbonyl (C=O) groups excluding carboxylic acids is 2. The number of amides is 2. The second kappa shape index (κ2) is 7.33. The van der Waals surface area contributed by atoms with Gasteiger partial charge in [-0.05, 0) is 5.92 Å². The Morgan fingerprint density at radius 1 is 1.45 bits per heavy atom. The molecule has 1 heterocycles. The van der Waals surface area contributed by atoms with Crippen LogP contribution in [0.15, 0.2) is 10.6 Å². The van der Waals surface area contributed by atoms with E-state index in [0.717, 1.165) is 11.8 Å². The zero-order chi connectivity index (χ0) is 16.9. The molecule has 1 aliphatic heterocycles. The number of nitrogens with one attached hydrogen (secondary N) is 2. The molecule has 1 aliphatic rings. The van der Waals surface area contributed by atoms with Crippen molar-refractivity contribution in [2.24, 2.45) is 17.3 Å². The van der Waals surface area contributed by atoms with Gasteiger partial charge in [-0.2, -0.15) is 10.5 Å². The van der Waals surface area contributed by atoms with Gasteiger partial charge in [0.05, 0.1) is 28.5 Å². The average molecular weight is 320 g/mol. The van der Waals surface area contributed by atoms with Gasteiger partial charge in [-0.1, -0.05) is 39.5 Å². The van der Waals surface area contributed by atoms with Gasteiger partial charge in [0.2, 0.25) is 11.8 Å². The molecule has 7 heteroatoms. The maximum absolute atomic E-state index is 12.0. The largest absolute Gasteiger partial charge is 0.355 e. The Kier molecular flexibility index (Phi) is 6.01. The summed E-state index contributed by atoms with van der Waals surface area (Å²) in [6.45, 7) is 7.96. The number of rotatable bonds is 5. The number of nitriles is 2. The van der Waals surface area contributed by atoms with Crippen LogP contribution >= 0.6 is 11.8 Å². The monoisotopic (exact) mass is 320 g/mol. The summed E-state index contributed by atoms with van der Waals surface area (Å²) in [7, 11) is 0. The van der Waals surface area contributed by atoms with Crippen LogP contribution in [0.25, 0.3) is 0 Å². The van der Waals surface area contributed by atoms with E-state index in [0.29, 0.717) is 23.1 Å². The first-order valence-electron chi connectivity index (χ1n) is 6.98. The maximum atomic E-state index is 12.0. The molecule has 1 rings (SSSR count). The highest BCUT2D eigenvalue weighted by atomic mass is 32.2. The second-order valence-corrected chi connectivity index (χ2v) is 7.06. The van der Waals surface area contributed by atoms with Crippen molar-refractivity contribution in [3.8, 4) is 12.1 Å². The minimum atomic E-state index is -0.915. The average Bonchev–Trinajstić information content (AvgIpc) is 2.42. The Labute approximate surface area is 134 Å². The van der Waals surface area contributed by atoms with Gasteiger partial charge in [-0.3, -0.25) is 9.59 Å². The van der Waals surface area contributed by atoms with Gasteiger partial charge in [-0.25, -0.2) is 0 Å². The molecule has 2 N–H and O–H groups in total. The van der Waals surface area contributed by atoms with E-state index >= 15 is 0 Å². The molecule has 0 aromatic carbocycles. The van der Waals surface area contributed by atoms with Crippen LogP contribution in [0.1, 0.15) is 27.7 Å². The molecule has 0 saturated heterocycles. The van der Waals surface area contributed by atoms with Crippen LogP contribution in [-0.4, -0.2) is 24.1 Å². The van der Waals surface area contributed by atoms with Crippen LogP contribution in [0, 0.1) is 39.9 Å². The normalized spacial score (nSPS) is 20.1. The van der Waals surface area contributed by atoms with E-state index in [9.17, 15) is 14.9 Å². The lowest BCUT2D eigenvalue weighted by molar-refractivity contribution is -0.125. The summed E-state index contributed by atoms with van der Waals surface area (Å²) in [6.07, 6.45) is 0. The standard InChI is InChI=1S/C15H20N4O2S/c1-9(2)7-18-12(20)8-22-14-11(6-17)15(3,4)10(5-16)13(21)19-14/h9-10H,7-8H2,1-4H3,(H,18,20)(H,19,21)/t10-/m0/s1. The Hall–Kier alpha value is -1.99. The van der Waals surface area contributed by atoms with E-state index in [2.05, 4.69) is 16.7 Å². The van der Waals surface area contributed by atoms with Gasteiger partial charge >= 0.3 is 0 Å². The molecule has 0 bridgehead atoms. The predicted molar refractivity (Wildman–Crippen MR) is 84.0 cm³/mol. The van der Waals surface area contributed by atoms with E-state index in [1.165, 1.54) is 0 Å². The van der Waals surface area contributed by atoms with Crippen LogP contribution < -0.4 is 10.6 Å². The molecule has 118 valence electrons. The first kappa shape index (κ1) is 18.1. The summed E-state index contributed by atoms with van der Waals surface area (Å²) in [6, 6.07) is 4.00. The molecule has 0 aromatic heterocycles. The molecular weight excluding hydrogens is 300 g/mol. The van der Waals surface area contributed by atoms with E-state index in [1.807, 2.05) is 19.9 Å². The highest BCUT2D eigenvalue weighted by Crippen LogP contribution is 2.41. The topological polar surface area (TPSA) is 106 Å². The number of hydrogen-bond acceptors (Lipinski definition) is 5. The lowest BCUT2D eigenvalue weighted by Crippen LogP contribution is -2.44. The molecule has 2 amide bonds. The van der Waals surface area contributed by atoms with Crippen molar-refractivity contribution in [1.82, 2.24) is 10.6 Å². The minimum absolute atomic E-state index is 0.112. The van der Waals surface area contributed by atoms with Crippen LogP contribution in [0.2, 0.25) is 0 Å². The van der Waals surface area contributed by atoms with Crippen molar-refractivity contribution < 1.29 is 9.59 Å². The Bertz CT molecular complexity index is 581. The third-order valence-corrected chi connectivity index (χ3v) is 4.39. The van der Waals surface area contributed by atoms with Crippen molar-refractivity contribution in [3.63, 3.8) is 0 Å². The number of allylic oxidation sites excluding steroid dienone is 1. The highest BCUT2D eigenvalue weighted by molar-refractivity contribution is 8.03. The maximum Gasteiger partial charge on any atom is 0.243 e. The molecule has 22 heavy (non-hydrogen) atoms. The third kappa shape index (κ3) is 4.02. The number of hydrogen-bond donors (Lipinski definition) is 2. The summed E-state index contributed by atoms with van der Waals surface area (Å²) in [4.78, 5) is 23.7. The third-order valence-electron chi connectivity index (χ3n) is 3.39. The summed E-state index contributed by atoms with van der Waals surface area (Å²) in [5, 5.41) is 24.2. The second-order valence-electron chi connectivity index (χ2n) is 6.08. The van der Waals surface area contributed by atoms with E-state index < -0.39 is 17.2 Å². The number of thioether (sulfide) groups is 1. The molecule has 0 fully saturated rings. The Morgan fingerprint density at radius 3 is 2.59 bits per heavy atom. The van der Waals surface area contributed by atoms with Crippen LogP contribution in [-0.2, 0) is 9.59 Å².